The number of aryl methyl sites for hydroxylation is 2. The van der Waals surface area contributed by atoms with E-state index in [-0.39, 0.29) is 0 Å². The Hall–Kier alpha value is -2.06. The van der Waals surface area contributed by atoms with Crippen LogP contribution in [0.2, 0.25) is 0 Å². The first-order chi connectivity index (χ1) is 10.1. The lowest BCUT2D eigenvalue weighted by Gasteiger charge is -2.08. The average molecular weight is 343 g/mol. The topological polar surface area (TPSA) is 46.5 Å². The van der Waals surface area contributed by atoms with Gasteiger partial charge in [-0.25, -0.2) is 0 Å². The van der Waals surface area contributed by atoms with E-state index in [1.807, 2.05) is 29.8 Å². The molecule has 0 saturated carbocycles. The van der Waals surface area contributed by atoms with E-state index in [2.05, 4.69) is 50.9 Å². The van der Waals surface area contributed by atoms with Crippen LogP contribution in [0.3, 0.4) is 0 Å². The van der Waals surface area contributed by atoms with Gasteiger partial charge in [0.15, 0.2) is 0 Å². The van der Waals surface area contributed by atoms with Crippen molar-refractivity contribution >= 4 is 26.8 Å². The Morgan fingerprint density at radius 2 is 2.14 bits per heavy atom. The fraction of sp³-hybridized carbons (Fsp3) is 0.250. The molecule has 0 aliphatic rings. The van der Waals surface area contributed by atoms with Crippen LogP contribution in [0.1, 0.15) is 23.9 Å². The highest BCUT2D eigenvalue weighted by atomic mass is 79.9. The standard InChI is InChI=1S/C16H15BrN4/c1-3-21-15(16(17)11(2)19-21)10-20-7-6-13-5-4-12(9-18)8-14(13)20/h4-8H,3,10H2,1-2H3. The number of rotatable bonds is 3. The molecule has 0 unspecified atom stereocenters. The molecular formula is C16H15BrN4. The Balaban J connectivity index is 2.08. The molecule has 0 saturated heterocycles. The predicted molar refractivity (Wildman–Crippen MR) is 86.1 cm³/mol. The second-order valence-electron chi connectivity index (χ2n) is 4.99. The van der Waals surface area contributed by atoms with Crippen LogP contribution < -0.4 is 0 Å². The van der Waals surface area contributed by atoms with Crippen molar-refractivity contribution in [3.05, 3.63) is 51.9 Å². The Labute approximate surface area is 131 Å². The van der Waals surface area contributed by atoms with Crippen LogP contribution in [0.4, 0.5) is 0 Å². The van der Waals surface area contributed by atoms with E-state index in [0.717, 1.165) is 39.9 Å². The molecule has 4 nitrogen and oxygen atoms in total. The number of aromatic nitrogens is 3. The molecule has 2 heterocycles. The Morgan fingerprint density at radius 3 is 2.86 bits per heavy atom. The van der Waals surface area contributed by atoms with Crippen molar-refractivity contribution in [2.45, 2.75) is 26.9 Å². The van der Waals surface area contributed by atoms with Crippen LogP contribution in [0.25, 0.3) is 10.9 Å². The average Bonchev–Trinajstić information content (AvgIpc) is 3.02. The van der Waals surface area contributed by atoms with Gasteiger partial charge in [0, 0.05) is 18.3 Å². The summed E-state index contributed by atoms with van der Waals surface area (Å²) in [4.78, 5) is 0. The SMILES string of the molecule is CCn1nc(C)c(Br)c1Cn1ccc2ccc(C#N)cc21. The van der Waals surface area contributed by atoms with Crippen molar-refractivity contribution < 1.29 is 0 Å². The van der Waals surface area contributed by atoms with E-state index < -0.39 is 0 Å². The molecule has 0 aliphatic heterocycles. The maximum Gasteiger partial charge on any atom is 0.0992 e. The lowest BCUT2D eigenvalue weighted by atomic mass is 10.2. The number of halogens is 1. The maximum absolute atomic E-state index is 9.06. The van der Waals surface area contributed by atoms with E-state index in [1.165, 1.54) is 0 Å². The van der Waals surface area contributed by atoms with Crippen LogP contribution in [0, 0.1) is 18.3 Å². The number of hydrogen-bond donors (Lipinski definition) is 0. The van der Waals surface area contributed by atoms with Crippen LogP contribution in [-0.4, -0.2) is 14.3 Å². The Bertz CT molecular complexity index is 851. The molecule has 0 atom stereocenters. The van der Waals surface area contributed by atoms with Gasteiger partial charge in [-0.15, -0.1) is 0 Å². The first-order valence-electron chi connectivity index (χ1n) is 6.84. The molecule has 106 valence electrons. The molecule has 0 aliphatic carbocycles. The smallest absolute Gasteiger partial charge is 0.0992 e. The molecule has 3 aromatic rings. The van der Waals surface area contributed by atoms with Gasteiger partial charge in [0.2, 0.25) is 0 Å². The third-order valence-corrected chi connectivity index (χ3v) is 4.71. The van der Waals surface area contributed by atoms with Gasteiger partial charge in [-0.1, -0.05) is 6.07 Å². The predicted octanol–water partition coefficient (Wildman–Crippen LogP) is 3.85. The quantitative estimate of drug-likeness (QED) is 0.725. The van der Waals surface area contributed by atoms with Gasteiger partial charge in [-0.2, -0.15) is 10.4 Å². The summed E-state index contributed by atoms with van der Waals surface area (Å²) in [6.45, 7) is 5.66. The molecule has 21 heavy (non-hydrogen) atoms. The Kier molecular flexibility index (Phi) is 3.56. The summed E-state index contributed by atoms with van der Waals surface area (Å²) in [5, 5.41) is 14.7. The molecule has 0 N–H and O–H groups in total. The molecule has 2 aromatic heterocycles. The van der Waals surface area contributed by atoms with Crippen molar-refractivity contribution in [3.8, 4) is 6.07 Å². The molecule has 3 rings (SSSR count). The highest BCUT2D eigenvalue weighted by Crippen LogP contribution is 2.24. The first kappa shape index (κ1) is 13.9. The molecule has 0 amide bonds. The van der Waals surface area contributed by atoms with Crippen molar-refractivity contribution in [3.63, 3.8) is 0 Å². The van der Waals surface area contributed by atoms with Crippen LogP contribution in [-0.2, 0) is 13.1 Å². The molecule has 0 radical (unpaired) electrons. The molecular weight excluding hydrogens is 328 g/mol. The molecule has 5 heteroatoms. The monoisotopic (exact) mass is 342 g/mol. The zero-order valence-electron chi connectivity index (χ0n) is 12.0. The number of fused-ring (bicyclic) bond motifs is 1. The van der Waals surface area contributed by atoms with Crippen molar-refractivity contribution in [1.82, 2.24) is 14.3 Å². The van der Waals surface area contributed by atoms with E-state index in [4.69, 9.17) is 5.26 Å². The number of benzene rings is 1. The van der Waals surface area contributed by atoms with Crippen LogP contribution in [0.15, 0.2) is 34.9 Å². The van der Waals surface area contributed by atoms with E-state index in [1.54, 1.807) is 0 Å². The third kappa shape index (κ3) is 2.36. The minimum atomic E-state index is 0.682. The van der Waals surface area contributed by atoms with E-state index in [0.29, 0.717) is 5.56 Å². The van der Waals surface area contributed by atoms with Crippen molar-refractivity contribution in [2.24, 2.45) is 0 Å². The number of hydrogen-bond acceptors (Lipinski definition) is 2. The summed E-state index contributed by atoms with van der Waals surface area (Å²) in [6.07, 6.45) is 2.06. The largest absolute Gasteiger partial charge is 0.341 e. The van der Waals surface area contributed by atoms with E-state index in [9.17, 15) is 0 Å². The normalized spacial score (nSPS) is 11.0. The summed E-state index contributed by atoms with van der Waals surface area (Å²) in [6, 6.07) is 10.0. The van der Waals surface area contributed by atoms with Gasteiger partial charge in [-0.05, 0) is 53.4 Å². The fourth-order valence-electron chi connectivity index (χ4n) is 2.57. The summed E-state index contributed by atoms with van der Waals surface area (Å²) in [7, 11) is 0. The zero-order chi connectivity index (χ0) is 15.0. The van der Waals surface area contributed by atoms with Gasteiger partial charge >= 0.3 is 0 Å². The van der Waals surface area contributed by atoms with Gasteiger partial charge < -0.3 is 4.57 Å². The maximum atomic E-state index is 9.06. The Morgan fingerprint density at radius 1 is 1.33 bits per heavy atom. The molecule has 0 spiro atoms. The fourth-order valence-corrected chi connectivity index (χ4v) is 2.98. The minimum Gasteiger partial charge on any atom is -0.341 e. The molecule has 1 aromatic carbocycles. The second kappa shape index (κ2) is 5.38. The highest BCUT2D eigenvalue weighted by Gasteiger charge is 2.13. The van der Waals surface area contributed by atoms with Crippen molar-refractivity contribution in [2.75, 3.05) is 0 Å². The van der Waals surface area contributed by atoms with Crippen LogP contribution >= 0.6 is 15.9 Å². The van der Waals surface area contributed by atoms with Gasteiger partial charge in [0.1, 0.15) is 0 Å². The van der Waals surface area contributed by atoms with E-state index >= 15 is 0 Å². The van der Waals surface area contributed by atoms with Gasteiger partial charge in [0.05, 0.1) is 34.0 Å². The zero-order valence-corrected chi connectivity index (χ0v) is 13.6. The first-order valence-corrected chi connectivity index (χ1v) is 7.64. The minimum absolute atomic E-state index is 0.682. The lowest BCUT2D eigenvalue weighted by molar-refractivity contribution is 0.601. The summed E-state index contributed by atoms with van der Waals surface area (Å²) in [5.74, 6) is 0. The van der Waals surface area contributed by atoms with Crippen LogP contribution in [0.5, 0.6) is 0 Å². The second-order valence-corrected chi connectivity index (χ2v) is 5.78. The van der Waals surface area contributed by atoms with Gasteiger partial charge in [0.25, 0.3) is 0 Å². The third-order valence-electron chi connectivity index (χ3n) is 3.68. The highest BCUT2D eigenvalue weighted by molar-refractivity contribution is 9.10. The summed E-state index contributed by atoms with van der Waals surface area (Å²) < 4.78 is 5.23. The number of nitrogens with zero attached hydrogens (tertiary/aromatic N) is 4. The van der Waals surface area contributed by atoms with Gasteiger partial charge in [-0.3, -0.25) is 4.68 Å². The molecule has 0 bridgehead atoms. The number of nitriles is 1. The summed E-state index contributed by atoms with van der Waals surface area (Å²) in [5.41, 5.74) is 3.90. The lowest BCUT2D eigenvalue weighted by Crippen LogP contribution is -2.07. The summed E-state index contributed by atoms with van der Waals surface area (Å²) >= 11 is 3.63. The molecule has 0 fully saturated rings. The van der Waals surface area contributed by atoms with Crippen molar-refractivity contribution in [1.29, 1.82) is 5.26 Å².